The van der Waals surface area contributed by atoms with Crippen LogP contribution in [0, 0.1) is 0 Å². The van der Waals surface area contributed by atoms with Crippen LogP contribution in [-0.4, -0.2) is 54.9 Å². The Balaban J connectivity index is 0.00000193. The van der Waals surface area contributed by atoms with Crippen molar-refractivity contribution >= 4 is 45.7 Å². The number of aromatic nitrogens is 1. The highest BCUT2D eigenvalue weighted by atomic mass is 35.5. The van der Waals surface area contributed by atoms with Crippen molar-refractivity contribution in [1.29, 1.82) is 0 Å². The second kappa shape index (κ2) is 10.8. The number of fused-ring (bicyclic) bond motifs is 1. The van der Waals surface area contributed by atoms with E-state index < -0.39 is 10.0 Å². The molecule has 0 spiro atoms. The van der Waals surface area contributed by atoms with Crippen LogP contribution < -0.4 is 0 Å². The van der Waals surface area contributed by atoms with Crippen LogP contribution in [0.25, 0.3) is 10.9 Å². The predicted molar refractivity (Wildman–Crippen MR) is 142 cm³/mol. The molecule has 4 rings (SSSR count). The molecule has 0 amide bonds. The van der Waals surface area contributed by atoms with Crippen molar-refractivity contribution in [2.45, 2.75) is 44.6 Å². The van der Waals surface area contributed by atoms with Gasteiger partial charge in [0.15, 0.2) is 0 Å². The maximum Gasteiger partial charge on any atom is 0.268 e. The van der Waals surface area contributed by atoms with Crippen LogP contribution in [-0.2, 0) is 22.0 Å². The summed E-state index contributed by atoms with van der Waals surface area (Å²) in [6.07, 6.45) is 1.67. The molecule has 3 aromatic rings. The summed E-state index contributed by atoms with van der Waals surface area (Å²) in [4.78, 5) is 5.27. The van der Waals surface area contributed by atoms with E-state index in [0.29, 0.717) is 4.90 Å². The normalized spacial score (nSPS) is 15.8. The van der Waals surface area contributed by atoms with Crippen molar-refractivity contribution in [2.24, 2.45) is 0 Å². The zero-order chi connectivity index (χ0) is 22.2. The Morgan fingerprint density at radius 2 is 1.55 bits per heavy atom. The molecular formula is C25H35Cl2N3O2S. The zero-order valence-electron chi connectivity index (χ0n) is 19.8. The molecule has 0 N–H and O–H groups in total. The van der Waals surface area contributed by atoms with Crippen LogP contribution in [0.5, 0.6) is 0 Å². The van der Waals surface area contributed by atoms with Gasteiger partial charge in [0.2, 0.25) is 0 Å². The Kier molecular flexibility index (Phi) is 9.05. The van der Waals surface area contributed by atoms with Gasteiger partial charge in [0.05, 0.1) is 10.4 Å². The van der Waals surface area contributed by atoms with E-state index in [0.717, 1.165) is 55.7 Å². The first-order chi connectivity index (χ1) is 14.7. The predicted octanol–water partition coefficient (Wildman–Crippen LogP) is 5.16. The van der Waals surface area contributed by atoms with E-state index in [1.807, 2.05) is 24.3 Å². The summed E-state index contributed by atoms with van der Waals surface area (Å²) in [5.74, 6) is 0. The van der Waals surface area contributed by atoms with Crippen molar-refractivity contribution < 1.29 is 8.42 Å². The first-order valence-electron chi connectivity index (χ1n) is 11.1. The molecule has 0 atom stereocenters. The number of halogens is 2. The standard InChI is InChI=1S/C25H33N3O2S.2ClH/c1-5-26-13-15-27(16-14-26)19-20-9-10-24-21(17-20)11-12-28(24)31(29,30)23-8-6-7-22(18-23)25(2,3)4;;/h6-12,17-18H,5,13-16,19H2,1-4H3;2*1H. The maximum absolute atomic E-state index is 13.4. The average Bonchev–Trinajstić information content (AvgIpc) is 3.18. The second-order valence-corrected chi connectivity index (χ2v) is 11.3. The minimum atomic E-state index is -3.65. The van der Waals surface area contributed by atoms with Gasteiger partial charge in [0.25, 0.3) is 10.0 Å². The number of hydrogen-bond donors (Lipinski definition) is 0. The van der Waals surface area contributed by atoms with Gasteiger partial charge in [-0.25, -0.2) is 12.4 Å². The van der Waals surface area contributed by atoms with Gasteiger partial charge in [0, 0.05) is 44.3 Å². The van der Waals surface area contributed by atoms with Crippen LogP contribution in [0.1, 0.15) is 38.8 Å². The Morgan fingerprint density at radius 3 is 2.18 bits per heavy atom. The first-order valence-corrected chi connectivity index (χ1v) is 12.5. The average molecular weight is 513 g/mol. The maximum atomic E-state index is 13.4. The lowest BCUT2D eigenvalue weighted by Gasteiger charge is -2.34. The van der Waals surface area contributed by atoms with Crippen LogP contribution in [0.3, 0.4) is 0 Å². The third-order valence-electron chi connectivity index (χ3n) is 6.29. The largest absolute Gasteiger partial charge is 0.301 e. The van der Waals surface area contributed by atoms with Crippen LogP contribution in [0.4, 0.5) is 0 Å². The molecule has 2 heterocycles. The molecular weight excluding hydrogens is 477 g/mol. The Bertz CT molecular complexity index is 1180. The molecule has 0 unspecified atom stereocenters. The van der Waals surface area contributed by atoms with Crippen molar-refractivity contribution in [3.8, 4) is 0 Å². The van der Waals surface area contributed by atoms with Crippen LogP contribution in [0.15, 0.2) is 59.6 Å². The molecule has 1 aliphatic rings. The quantitative estimate of drug-likeness (QED) is 0.474. The molecule has 182 valence electrons. The highest BCUT2D eigenvalue weighted by Gasteiger charge is 2.22. The Morgan fingerprint density at radius 1 is 0.879 bits per heavy atom. The van der Waals surface area contributed by atoms with Gasteiger partial charge >= 0.3 is 0 Å². The van der Waals surface area contributed by atoms with E-state index in [2.05, 4.69) is 49.6 Å². The van der Waals surface area contributed by atoms with E-state index in [9.17, 15) is 8.42 Å². The third-order valence-corrected chi connectivity index (χ3v) is 7.98. The highest BCUT2D eigenvalue weighted by molar-refractivity contribution is 7.90. The third kappa shape index (κ3) is 5.92. The lowest BCUT2D eigenvalue weighted by molar-refractivity contribution is 0.132. The minimum Gasteiger partial charge on any atom is -0.301 e. The summed E-state index contributed by atoms with van der Waals surface area (Å²) in [5, 5.41) is 0.959. The number of hydrogen-bond acceptors (Lipinski definition) is 4. The van der Waals surface area contributed by atoms with Crippen molar-refractivity contribution in [3.63, 3.8) is 0 Å². The first kappa shape index (κ1) is 27.7. The van der Waals surface area contributed by atoms with Gasteiger partial charge in [0.1, 0.15) is 0 Å². The van der Waals surface area contributed by atoms with Crippen LogP contribution in [0.2, 0.25) is 0 Å². The molecule has 5 nitrogen and oxygen atoms in total. The van der Waals surface area contributed by atoms with E-state index in [1.54, 1.807) is 18.3 Å². The molecule has 33 heavy (non-hydrogen) atoms. The molecule has 1 aromatic heterocycles. The molecule has 0 aliphatic carbocycles. The summed E-state index contributed by atoms with van der Waals surface area (Å²) < 4.78 is 28.2. The van der Waals surface area contributed by atoms with Gasteiger partial charge < -0.3 is 4.90 Å². The monoisotopic (exact) mass is 511 g/mol. The number of nitrogens with zero attached hydrogens (tertiary/aromatic N) is 3. The molecule has 1 aliphatic heterocycles. The van der Waals surface area contributed by atoms with Gasteiger partial charge in [-0.15, -0.1) is 24.8 Å². The smallest absolute Gasteiger partial charge is 0.268 e. The Hall–Kier alpha value is -1.57. The van der Waals surface area contributed by atoms with Crippen molar-refractivity contribution in [3.05, 3.63) is 65.9 Å². The van der Waals surface area contributed by atoms with Gasteiger partial charge in [-0.3, -0.25) is 4.90 Å². The lowest BCUT2D eigenvalue weighted by atomic mass is 9.87. The van der Waals surface area contributed by atoms with E-state index in [-0.39, 0.29) is 30.2 Å². The molecule has 2 aromatic carbocycles. The Labute approximate surface area is 210 Å². The SMILES string of the molecule is CCN1CCN(Cc2ccc3c(ccn3S(=O)(=O)c3cccc(C(C)(C)C)c3)c2)CC1.Cl.Cl. The molecule has 1 saturated heterocycles. The molecule has 1 fully saturated rings. The number of likely N-dealkylation sites (N-methyl/N-ethyl adjacent to an activating group) is 1. The lowest BCUT2D eigenvalue weighted by Crippen LogP contribution is -2.45. The summed E-state index contributed by atoms with van der Waals surface area (Å²) in [5.41, 5.74) is 2.85. The minimum absolute atomic E-state index is 0. The topological polar surface area (TPSA) is 45.5 Å². The summed E-state index contributed by atoms with van der Waals surface area (Å²) >= 11 is 0. The molecule has 0 saturated carbocycles. The number of rotatable bonds is 5. The van der Waals surface area contributed by atoms with E-state index in [1.165, 1.54) is 9.54 Å². The summed E-state index contributed by atoms with van der Waals surface area (Å²) in [7, 11) is -3.65. The zero-order valence-corrected chi connectivity index (χ0v) is 22.3. The summed E-state index contributed by atoms with van der Waals surface area (Å²) in [6.45, 7) is 14.9. The van der Waals surface area contributed by atoms with E-state index in [4.69, 9.17) is 0 Å². The van der Waals surface area contributed by atoms with Crippen molar-refractivity contribution in [1.82, 2.24) is 13.8 Å². The van der Waals surface area contributed by atoms with E-state index >= 15 is 0 Å². The van der Waals surface area contributed by atoms with Crippen molar-refractivity contribution in [2.75, 3.05) is 32.7 Å². The molecule has 0 bridgehead atoms. The fourth-order valence-electron chi connectivity index (χ4n) is 4.23. The molecule has 0 radical (unpaired) electrons. The summed E-state index contributed by atoms with van der Waals surface area (Å²) in [6, 6.07) is 15.3. The second-order valence-electron chi connectivity index (χ2n) is 9.50. The fraction of sp³-hybridized carbons (Fsp3) is 0.440. The fourth-order valence-corrected chi connectivity index (χ4v) is 5.63. The number of benzene rings is 2. The highest BCUT2D eigenvalue weighted by Crippen LogP contribution is 2.28. The van der Waals surface area contributed by atoms with Gasteiger partial charge in [-0.2, -0.15) is 0 Å². The van der Waals surface area contributed by atoms with Crippen LogP contribution >= 0.6 is 24.8 Å². The van der Waals surface area contributed by atoms with Gasteiger partial charge in [-0.05, 0) is 53.4 Å². The number of piperazine rings is 1. The molecule has 8 heteroatoms. The van der Waals surface area contributed by atoms with Gasteiger partial charge in [-0.1, -0.05) is 45.9 Å².